The van der Waals surface area contributed by atoms with Crippen LogP contribution in [0.25, 0.3) is 5.69 Å². The molecule has 1 heterocycles. The number of thioether (sulfide) groups is 1. The summed E-state index contributed by atoms with van der Waals surface area (Å²) in [5, 5.41) is 14.1. The molecule has 1 aliphatic rings. The van der Waals surface area contributed by atoms with Gasteiger partial charge in [0.2, 0.25) is 5.91 Å². The number of rotatable bonds is 5. The summed E-state index contributed by atoms with van der Waals surface area (Å²) in [5.41, 5.74) is 2.09. The fourth-order valence-corrected chi connectivity index (χ4v) is 3.88. The molecule has 3 amide bonds. The third-order valence-electron chi connectivity index (χ3n) is 4.33. The second-order valence-corrected chi connectivity index (χ2v) is 7.44. The highest BCUT2D eigenvalue weighted by molar-refractivity contribution is 7.99. The fraction of sp³-hybridized carbons (Fsp3) is 0.444. The number of hydrogen-bond acceptors (Lipinski definition) is 5. The number of benzene rings is 1. The topological polar surface area (TPSA) is 88.9 Å². The quantitative estimate of drug-likeness (QED) is 0.787. The summed E-state index contributed by atoms with van der Waals surface area (Å²) in [6.45, 7) is 3.89. The number of carbonyl (C=O) groups is 2. The van der Waals surface area contributed by atoms with Crippen molar-refractivity contribution in [2.45, 2.75) is 50.7 Å². The number of carbonyl (C=O) groups excluding carboxylic acids is 2. The van der Waals surface area contributed by atoms with Crippen LogP contribution in [0.2, 0.25) is 0 Å². The van der Waals surface area contributed by atoms with Gasteiger partial charge in [0.25, 0.3) is 0 Å². The number of amides is 3. The molecule has 0 bridgehead atoms. The van der Waals surface area contributed by atoms with Gasteiger partial charge in [0.15, 0.2) is 5.16 Å². The lowest BCUT2D eigenvalue weighted by Gasteiger charge is -2.12. The Morgan fingerprint density at radius 1 is 1.23 bits per heavy atom. The smallest absolute Gasteiger partial charge is 0.321 e. The first-order chi connectivity index (χ1) is 12.5. The SMILES string of the molecule is Cc1cccc(-n2c(C)nnc2SCC(=O)NC(=O)NC2CCCC2)c1. The number of aryl methyl sites for hydroxylation is 2. The minimum Gasteiger partial charge on any atom is -0.335 e. The highest BCUT2D eigenvalue weighted by Crippen LogP contribution is 2.22. The van der Waals surface area contributed by atoms with E-state index in [-0.39, 0.29) is 17.7 Å². The fourth-order valence-electron chi connectivity index (χ4n) is 3.09. The van der Waals surface area contributed by atoms with Crippen LogP contribution >= 0.6 is 11.8 Å². The van der Waals surface area contributed by atoms with Crippen LogP contribution in [0.15, 0.2) is 29.4 Å². The van der Waals surface area contributed by atoms with Crippen molar-refractivity contribution in [3.8, 4) is 5.69 Å². The standard InChI is InChI=1S/C18H23N5O2S/c1-12-6-5-9-15(10-12)23-13(2)21-22-18(23)26-11-16(24)20-17(25)19-14-7-3-4-8-14/h5-6,9-10,14H,3-4,7-8,11H2,1-2H3,(H2,19,20,24,25). The lowest BCUT2D eigenvalue weighted by molar-refractivity contribution is -0.117. The summed E-state index contributed by atoms with van der Waals surface area (Å²) in [6.07, 6.45) is 4.22. The predicted octanol–water partition coefficient (Wildman–Crippen LogP) is 2.74. The van der Waals surface area contributed by atoms with Crippen molar-refractivity contribution in [2.75, 3.05) is 5.75 Å². The van der Waals surface area contributed by atoms with Crippen molar-refractivity contribution < 1.29 is 9.59 Å². The van der Waals surface area contributed by atoms with E-state index in [1.165, 1.54) is 11.8 Å². The molecule has 26 heavy (non-hydrogen) atoms. The molecular weight excluding hydrogens is 350 g/mol. The molecule has 0 atom stereocenters. The summed E-state index contributed by atoms with van der Waals surface area (Å²) in [6, 6.07) is 7.77. The summed E-state index contributed by atoms with van der Waals surface area (Å²) in [4.78, 5) is 23.9. The number of hydrogen-bond donors (Lipinski definition) is 2. The van der Waals surface area contributed by atoms with E-state index in [0.29, 0.717) is 5.16 Å². The molecule has 138 valence electrons. The molecule has 0 radical (unpaired) electrons. The minimum atomic E-state index is -0.418. The third-order valence-corrected chi connectivity index (χ3v) is 5.26. The van der Waals surface area contributed by atoms with Gasteiger partial charge < -0.3 is 5.32 Å². The number of aromatic nitrogens is 3. The zero-order valence-corrected chi connectivity index (χ0v) is 15.8. The van der Waals surface area contributed by atoms with Gasteiger partial charge in [-0.3, -0.25) is 14.7 Å². The second kappa shape index (κ2) is 8.35. The molecule has 1 saturated carbocycles. The molecule has 2 N–H and O–H groups in total. The van der Waals surface area contributed by atoms with Gasteiger partial charge in [0.05, 0.1) is 5.75 Å². The molecule has 0 saturated heterocycles. The van der Waals surface area contributed by atoms with Gasteiger partial charge in [0, 0.05) is 11.7 Å². The molecular formula is C18H23N5O2S. The average Bonchev–Trinajstić information content (AvgIpc) is 3.22. The Hall–Kier alpha value is -2.35. The highest BCUT2D eigenvalue weighted by Gasteiger charge is 2.19. The first-order valence-corrected chi connectivity index (χ1v) is 9.73. The predicted molar refractivity (Wildman–Crippen MR) is 100 cm³/mol. The van der Waals surface area contributed by atoms with Crippen LogP contribution in [0.4, 0.5) is 4.79 Å². The summed E-state index contributed by atoms with van der Waals surface area (Å²) >= 11 is 1.26. The van der Waals surface area contributed by atoms with E-state index >= 15 is 0 Å². The normalized spacial score (nSPS) is 14.4. The molecule has 0 aliphatic heterocycles. The maximum Gasteiger partial charge on any atom is 0.321 e. The number of urea groups is 1. The van der Waals surface area contributed by atoms with Crippen molar-refractivity contribution in [1.82, 2.24) is 25.4 Å². The van der Waals surface area contributed by atoms with Crippen LogP contribution in [-0.4, -0.2) is 38.5 Å². The van der Waals surface area contributed by atoms with Crippen LogP contribution in [0.5, 0.6) is 0 Å². The van der Waals surface area contributed by atoms with Crippen molar-refractivity contribution in [3.05, 3.63) is 35.7 Å². The van der Waals surface area contributed by atoms with E-state index in [0.717, 1.165) is 42.8 Å². The van der Waals surface area contributed by atoms with Crippen LogP contribution in [0.1, 0.15) is 37.1 Å². The van der Waals surface area contributed by atoms with E-state index in [4.69, 9.17) is 0 Å². The average molecular weight is 373 g/mol. The number of imide groups is 1. The lowest BCUT2D eigenvalue weighted by Crippen LogP contribution is -2.44. The van der Waals surface area contributed by atoms with E-state index < -0.39 is 6.03 Å². The van der Waals surface area contributed by atoms with Gasteiger partial charge in [-0.25, -0.2) is 4.79 Å². The summed E-state index contributed by atoms with van der Waals surface area (Å²) in [7, 11) is 0. The van der Waals surface area contributed by atoms with Crippen molar-refractivity contribution >= 4 is 23.7 Å². The zero-order chi connectivity index (χ0) is 18.5. The zero-order valence-electron chi connectivity index (χ0n) is 15.0. The molecule has 1 aromatic carbocycles. The molecule has 1 aliphatic carbocycles. The monoisotopic (exact) mass is 373 g/mol. The number of nitrogens with one attached hydrogen (secondary N) is 2. The van der Waals surface area contributed by atoms with Gasteiger partial charge in [-0.2, -0.15) is 0 Å². The van der Waals surface area contributed by atoms with Gasteiger partial charge >= 0.3 is 6.03 Å². The maximum atomic E-state index is 12.1. The Balaban J connectivity index is 1.58. The molecule has 7 nitrogen and oxygen atoms in total. The highest BCUT2D eigenvalue weighted by atomic mass is 32.2. The second-order valence-electron chi connectivity index (χ2n) is 6.50. The Morgan fingerprint density at radius 3 is 2.73 bits per heavy atom. The first kappa shape index (κ1) is 18.4. The molecule has 0 unspecified atom stereocenters. The maximum absolute atomic E-state index is 12.1. The Labute approximate surface area is 157 Å². The van der Waals surface area contributed by atoms with E-state index in [2.05, 4.69) is 20.8 Å². The van der Waals surface area contributed by atoms with Crippen LogP contribution in [-0.2, 0) is 4.79 Å². The van der Waals surface area contributed by atoms with Crippen molar-refractivity contribution in [1.29, 1.82) is 0 Å². The molecule has 2 aromatic rings. The molecule has 1 fully saturated rings. The Bertz CT molecular complexity index is 799. The molecule has 3 rings (SSSR count). The van der Waals surface area contributed by atoms with Gasteiger partial charge in [-0.1, -0.05) is 36.7 Å². The van der Waals surface area contributed by atoms with E-state index in [1.807, 2.05) is 42.7 Å². The third kappa shape index (κ3) is 4.63. The molecule has 1 aromatic heterocycles. The Morgan fingerprint density at radius 2 is 2.00 bits per heavy atom. The number of nitrogens with zero attached hydrogens (tertiary/aromatic N) is 3. The summed E-state index contributed by atoms with van der Waals surface area (Å²) in [5.74, 6) is 0.501. The van der Waals surface area contributed by atoms with Gasteiger partial charge in [0.1, 0.15) is 5.82 Å². The summed E-state index contributed by atoms with van der Waals surface area (Å²) < 4.78 is 1.91. The van der Waals surface area contributed by atoms with Gasteiger partial charge in [-0.05, 0) is 44.4 Å². The van der Waals surface area contributed by atoms with E-state index in [9.17, 15) is 9.59 Å². The Kier molecular flexibility index (Phi) is 5.92. The van der Waals surface area contributed by atoms with Crippen molar-refractivity contribution in [3.63, 3.8) is 0 Å². The lowest BCUT2D eigenvalue weighted by atomic mass is 10.2. The van der Waals surface area contributed by atoms with Crippen molar-refractivity contribution in [2.24, 2.45) is 0 Å². The minimum absolute atomic E-state index is 0.0992. The molecule has 8 heteroatoms. The molecule has 0 spiro atoms. The van der Waals surface area contributed by atoms with Gasteiger partial charge in [-0.15, -0.1) is 10.2 Å². The van der Waals surface area contributed by atoms with Crippen LogP contribution in [0, 0.1) is 13.8 Å². The largest absolute Gasteiger partial charge is 0.335 e. The first-order valence-electron chi connectivity index (χ1n) is 8.75. The van der Waals surface area contributed by atoms with E-state index in [1.54, 1.807) is 0 Å². The van der Waals surface area contributed by atoms with Crippen LogP contribution < -0.4 is 10.6 Å². The van der Waals surface area contributed by atoms with Crippen LogP contribution in [0.3, 0.4) is 0 Å².